The van der Waals surface area contributed by atoms with Gasteiger partial charge >= 0.3 is 0 Å². The second kappa shape index (κ2) is 9.48. The number of rotatable bonds is 7. The molecule has 144 valence electrons. The Labute approximate surface area is 159 Å². The normalized spacial score (nSPS) is 16.7. The molecule has 3 rings (SSSR count). The number of amides is 1. The van der Waals surface area contributed by atoms with Gasteiger partial charge < -0.3 is 15.0 Å². The van der Waals surface area contributed by atoms with Crippen LogP contribution in [0.3, 0.4) is 0 Å². The van der Waals surface area contributed by atoms with Gasteiger partial charge in [0.05, 0.1) is 6.04 Å². The Balaban J connectivity index is 1.59. The zero-order valence-electron chi connectivity index (χ0n) is 15.6. The van der Waals surface area contributed by atoms with Gasteiger partial charge in [0.1, 0.15) is 11.6 Å². The Morgan fingerprint density at radius 3 is 2.41 bits per heavy atom. The molecule has 2 aromatic carbocycles. The lowest BCUT2D eigenvalue weighted by Crippen LogP contribution is -2.48. The predicted octanol–water partition coefficient (Wildman–Crippen LogP) is 2.31. The summed E-state index contributed by atoms with van der Waals surface area (Å²) in [5, 5.41) is 2.96. The van der Waals surface area contributed by atoms with Gasteiger partial charge in [-0.2, -0.15) is 0 Å². The third-order valence-electron chi connectivity index (χ3n) is 4.84. The first-order valence-corrected chi connectivity index (χ1v) is 9.24. The summed E-state index contributed by atoms with van der Waals surface area (Å²) in [5.41, 5.74) is 1.00. The molecule has 0 saturated carbocycles. The van der Waals surface area contributed by atoms with E-state index in [1.165, 1.54) is 12.1 Å². The molecule has 1 atom stereocenters. The van der Waals surface area contributed by atoms with Crippen molar-refractivity contribution in [2.45, 2.75) is 6.04 Å². The molecule has 2 aromatic rings. The van der Waals surface area contributed by atoms with Crippen molar-refractivity contribution in [1.82, 2.24) is 15.1 Å². The van der Waals surface area contributed by atoms with Crippen molar-refractivity contribution in [3.8, 4) is 5.75 Å². The topological polar surface area (TPSA) is 44.8 Å². The van der Waals surface area contributed by atoms with Crippen LogP contribution in [0.15, 0.2) is 54.6 Å². The SMILES string of the molecule is CN1CCN([C@H](CNC(=O)COc2ccccc2)c2ccc(F)cc2)CC1. The summed E-state index contributed by atoms with van der Waals surface area (Å²) in [4.78, 5) is 16.8. The number of likely N-dealkylation sites (N-methyl/N-ethyl adjacent to an activating group) is 1. The highest BCUT2D eigenvalue weighted by Crippen LogP contribution is 2.22. The summed E-state index contributed by atoms with van der Waals surface area (Å²) >= 11 is 0. The van der Waals surface area contributed by atoms with E-state index >= 15 is 0 Å². The van der Waals surface area contributed by atoms with E-state index in [0.717, 1.165) is 31.7 Å². The van der Waals surface area contributed by atoms with E-state index in [9.17, 15) is 9.18 Å². The first-order valence-electron chi connectivity index (χ1n) is 9.24. The van der Waals surface area contributed by atoms with Crippen LogP contribution in [0.2, 0.25) is 0 Å². The molecule has 5 nitrogen and oxygen atoms in total. The van der Waals surface area contributed by atoms with Gasteiger partial charge in [-0.1, -0.05) is 30.3 Å². The van der Waals surface area contributed by atoms with Gasteiger partial charge in [-0.05, 0) is 36.9 Å². The van der Waals surface area contributed by atoms with Gasteiger partial charge in [-0.15, -0.1) is 0 Å². The Morgan fingerprint density at radius 2 is 1.74 bits per heavy atom. The van der Waals surface area contributed by atoms with Crippen LogP contribution in [-0.2, 0) is 4.79 Å². The molecule has 1 amide bonds. The van der Waals surface area contributed by atoms with Crippen molar-refractivity contribution in [3.05, 3.63) is 66.0 Å². The van der Waals surface area contributed by atoms with Crippen LogP contribution in [0.4, 0.5) is 4.39 Å². The lowest BCUT2D eigenvalue weighted by Gasteiger charge is -2.38. The molecule has 1 aliphatic heterocycles. The number of benzene rings is 2. The number of carbonyl (C=O) groups is 1. The molecule has 1 saturated heterocycles. The van der Waals surface area contributed by atoms with Crippen molar-refractivity contribution in [2.24, 2.45) is 0 Å². The molecule has 0 radical (unpaired) electrons. The van der Waals surface area contributed by atoms with Crippen molar-refractivity contribution >= 4 is 5.91 Å². The molecule has 0 unspecified atom stereocenters. The van der Waals surface area contributed by atoms with Crippen LogP contribution >= 0.6 is 0 Å². The molecule has 1 N–H and O–H groups in total. The fourth-order valence-electron chi connectivity index (χ4n) is 3.20. The monoisotopic (exact) mass is 371 g/mol. The van der Waals surface area contributed by atoms with Gasteiger partial charge in [0.15, 0.2) is 6.61 Å². The van der Waals surface area contributed by atoms with Gasteiger partial charge in [0, 0.05) is 32.7 Å². The molecule has 27 heavy (non-hydrogen) atoms. The quantitative estimate of drug-likeness (QED) is 0.811. The number of piperazine rings is 1. The number of hydrogen-bond acceptors (Lipinski definition) is 4. The van der Waals surface area contributed by atoms with E-state index in [-0.39, 0.29) is 24.4 Å². The first-order chi connectivity index (χ1) is 13.1. The maximum atomic E-state index is 13.3. The van der Waals surface area contributed by atoms with Crippen molar-refractivity contribution in [2.75, 3.05) is 46.4 Å². The molecule has 6 heteroatoms. The van der Waals surface area contributed by atoms with E-state index in [2.05, 4.69) is 22.2 Å². The van der Waals surface area contributed by atoms with E-state index in [0.29, 0.717) is 12.3 Å². The largest absolute Gasteiger partial charge is 0.484 e. The lowest BCUT2D eigenvalue weighted by atomic mass is 10.0. The van der Waals surface area contributed by atoms with Gasteiger partial charge in [-0.3, -0.25) is 9.69 Å². The summed E-state index contributed by atoms with van der Waals surface area (Å²) in [5.74, 6) is 0.248. The maximum absolute atomic E-state index is 13.3. The molecule has 1 heterocycles. The molecule has 0 aliphatic carbocycles. The van der Waals surface area contributed by atoms with Crippen LogP contribution in [-0.4, -0.2) is 62.1 Å². The molecule has 0 bridgehead atoms. The fraction of sp³-hybridized carbons (Fsp3) is 0.381. The number of nitrogens with one attached hydrogen (secondary N) is 1. The average Bonchev–Trinajstić information content (AvgIpc) is 2.70. The lowest BCUT2D eigenvalue weighted by molar-refractivity contribution is -0.123. The number of hydrogen-bond donors (Lipinski definition) is 1. The van der Waals surface area contributed by atoms with E-state index in [1.54, 1.807) is 12.1 Å². The van der Waals surface area contributed by atoms with Gasteiger partial charge in [0.25, 0.3) is 5.91 Å². The second-order valence-corrected chi connectivity index (χ2v) is 6.81. The third kappa shape index (κ3) is 5.77. The standard InChI is InChI=1S/C21H26FN3O2/c1-24-11-13-25(14-12-24)20(17-7-9-18(22)10-8-17)15-23-21(26)16-27-19-5-3-2-4-6-19/h2-10,20H,11-16H2,1H3,(H,23,26)/t20-/m1/s1. The number of halogens is 1. The molecule has 1 fully saturated rings. The van der Waals surface area contributed by atoms with Crippen LogP contribution < -0.4 is 10.1 Å². The van der Waals surface area contributed by atoms with Gasteiger partial charge in [0.2, 0.25) is 0 Å². The molecule has 1 aliphatic rings. The Kier molecular flexibility index (Phi) is 6.79. The average molecular weight is 371 g/mol. The molecular formula is C21H26FN3O2. The highest BCUT2D eigenvalue weighted by atomic mass is 19.1. The summed E-state index contributed by atoms with van der Waals surface area (Å²) in [6.45, 7) is 4.21. The minimum atomic E-state index is -0.254. The Hall–Kier alpha value is -2.44. The number of carbonyl (C=O) groups excluding carboxylic acids is 1. The second-order valence-electron chi connectivity index (χ2n) is 6.81. The number of ether oxygens (including phenoxy) is 1. The number of para-hydroxylation sites is 1. The van der Waals surface area contributed by atoms with Crippen LogP contribution in [0, 0.1) is 5.82 Å². The van der Waals surface area contributed by atoms with Crippen molar-refractivity contribution in [1.29, 1.82) is 0 Å². The zero-order chi connectivity index (χ0) is 19.1. The minimum absolute atomic E-state index is 0.0139. The maximum Gasteiger partial charge on any atom is 0.258 e. The third-order valence-corrected chi connectivity index (χ3v) is 4.84. The van der Waals surface area contributed by atoms with Crippen LogP contribution in [0.1, 0.15) is 11.6 Å². The minimum Gasteiger partial charge on any atom is -0.484 e. The van der Waals surface area contributed by atoms with Crippen LogP contribution in [0.25, 0.3) is 0 Å². The van der Waals surface area contributed by atoms with Gasteiger partial charge in [-0.25, -0.2) is 4.39 Å². The van der Waals surface area contributed by atoms with Crippen molar-refractivity contribution < 1.29 is 13.9 Å². The number of nitrogens with zero attached hydrogens (tertiary/aromatic N) is 2. The zero-order valence-corrected chi connectivity index (χ0v) is 15.6. The summed E-state index contributed by atoms with van der Waals surface area (Å²) < 4.78 is 18.8. The van der Waals surface area contributed by atoms with E-state index in [4.69, 9.17) is 4.74 Å². The molecule has 0 aromatic heterocycles. The molecule has 0 spiro atoms. The Morgan fingerprint density at radius 1 is 1.07 bits per heavy atom. The summed E-state index contributed by atoms with van der Waals surface area (Å²) in [6.07, 6.45) is 0. The highest BCUT2D eigenvalue weighted by molar-refractivity contribution is 5.77. The predicted molar refractivity (Wildman–Crippen MR) is 103 cm³/mol. The summed E-state index contributed by atoms with van der Waals surface area (Å²) in [6, 6.07) is 15.8. The first kappa shape index (κ1) is 19.3. The van der Waals surface area contributed by atoms with Crippen LogP contribution in [0.5, 0.6) is 5.75 Å². The highest BCUT2D eigenvalue weighted by Gasteiger charge is 2.24. The Bertz CT molecular complexity index is 716. The smallest absolute Gasteiger partial charge is 0.258 e. The van der Waals surface area contributed by atoms with E-state index < -0.39 is 0 Å². The van der Waals surface area contributed by atoms with Crippen molar-refractivity contribution in [3.63, 3.8) is 0 Å². The molecular weight excluding hydrogens is 345 g/mol. The summed E-state index contributed by atoms with van der Waals surface area (Å²) in [7, 11) is 2.10. The fourth-order valence-corrected chi connectivity index (χ4v) is 3.20. The van der Waals surface area contributed by atoms with E-state index in [1.807, 2.05) is 30.3 Å².